The summed E-state index contributed by atoms with van der Waals surface area (Å²) in [5.74, 6) is 1.51. The highest BCUT2D eigenvalue weighted by molar-refractivity contribution is 7.71. The van der Waals surface area contributed by atoms with Gasteiger partial charge in [-0.15, -0.1) is 0 Å². The minimum absolute atomic E-state index is 0.597. The number of ether oxygens (including phenoxy) is 1. The third-order valence-corrected chi connectivity index (χ3v) is 2.74. The molecule has 0 saturated carbocycles. The van der Waals surface area contributed by atoms with Crippen LogP contribution in [0.2, 0.25) is 0 Å². The molecule has 18 heavy (non-hydrogen) atoms. The minimum atomic E-state index is 0.597. The van der Waals surface area contributed by atoms with Crippen LogP contribution in [0.1, 0.15) is 19.2 Å². The fourth-order valence-corrected chi connectivity index (χ4v) is 1.91. The molecule has 4 nitrogen and oxygen atoms in total. The van der Waals surface area contributed by atoms with Crippen LogP contribution in [-0.4, -0.2) is 22.1 Å². The summed E-state index contributed by atoms with van der Waals surface area (Å²) >= 11 is 5.17. The number of hydrogen-bond acceptors (Lipinski definition) is 4. The van der Waals surface area contributed by atoms with Crippen molar-refractivity contribution in [3.05, 3.63) is 34.9 Å². The molecule has 2 aromatic heterocycles. The zero-order valence-electron chi connectivity index (χ0n) is 10.4. The van der Waals surface area contributed by atoms with E-state index >= 15 is 0 Å². The number of hydrogen-bond donors (Lipinski definition) is 1. The topological polar surface area (TPSA) is 50.8 Å². The number of aromatic amines is 1. The van der Waals surface area contributed by atoms with Gasteiger partial charge in [-0.1, -0.05) is 19.1 Å². The van der Waals surface area contributed by atoms with Gasteiger partial charge in [-0.05, 0) is 18.6 Å². The van der Waals surface area contributed by atoms with E-state index < -0.39 is 0 Å². The van der Waals surface area contributed by atoms with Crippen LogP contribution in [-0.2, 0) is 6.42 Å². The van der Waals surface area contributed by atoms with Crippen molar-refractivity contribution in [3.63, 3.8) is 0 Å². The smallest absolute Gasteiger partial charge is 0.212 e. The van der Waals surface area contributed by atoms with Crippen LogP contribution < -0.4 is 4.74 Å². The first-order valence-electron chi connectivity index (χ1n) is 5.83. The van der Waals surface area contributed by atoms with Crippen LogP contribution in [0.25, 0.3) is 11.3 Å². The van der Waals surface area contributed by atoms with Crippen molar-refractivity contribution < 1.29 is 4.74 Å². The van der Waals surface area contributed by atoms with Crippen molar-refractivity contribution >= 4 is 12.2 Å². The molecule has 0 aliphatic heterocycles. The lowest BCUT2D eigenvalue weighted by molar-refractivity contribution is 0.398. The number of methoxy groups -OCH3 is 1. The van der Waals surface area contributed by atoms with Gasteiger partial charge >= 0.3 is 0 Å². The molecule has 0 aliphatic rings. The molecule has 0 spiro atoms. The Kier molecular flexibility index (Phi) is 4.04. The SMILES string of the molecule is CCCc1nc(=S)cc(-c2ccc(OC)nc2)[nH]1. The van der Waals surface area contributed by atoms with Crippen molar-refractivity contribution in [2.45, 2.75) is 19.8 Å². The largest absolute Gasteiger partial charge is 0.481 e. The van der Waals surface area contributed by atoms with Gasteiger partial charge in [-0.25, -0.2) is 9.97 Å². The molecule has 2 aromatic rings. The van der Waals surface area contributed by atoms with Crippen LogP contribution in [0.3, 0.4) is 0 Å². The molecular formula is C13H15N3OS. The van der Waals surface area contributed by atoms with Crippen LogP contribution in [0, 0.1) is 4.64 Å². The van der Waals surface area contributed by atoms with Crippen LogP contribution >= 0.6 is 12.2 Å². The van der Waals surface area contributed by atoms with E-state index in [0.717, 1.165) is 29.9 Å². The van der Waals surface area contributed by atoms with E-state index in [0.29, 0.717) is 10.5 Å². The third-order valence-electron chi connectivity index (χ3n) is 2.54. The lowest BCUT2D eigenvalue weighted by Gasteiger charge is -2.06. The molecule has 94 valence electrons. The molecular weight excluding hydrogens is 246 g/mol. The predicted molar refractivity (Wildman–Crippen MR) is 73.2 cm³/mol. The Balaban J connectivity index is 2.39. The first kappa shape index (κ1) is 12.7. The molecule has 0 fully saturated rings. The molecule has 0 amide bonds. The fourth-order valence-electron chi connectivity index (χ4n) is 1.68. The van der Waals surface area contributed by atoms with Gasteiger partial charge in [0.2, 0.25) is 5.88 Å². The van der Waals surface area contributed by atoms with Crippen molar-refractivity contribution in [1.82, 2.24) is 15.0 Å². The van der Waals surface area contributed by atoms with Gasteiger partial charge in [0.15, 0.2) is 0 Å². The Labute approximate surface area is 111 Å². The molecule has 0 aromatic carbocycles. The summed E-state index contributed by atoms with van der Waals surface area (Å²) in [4.78, 5) is 11.8. The maximum absolute atomic E-state index is 5.17. The van der Waals surface area contributed by atoms with E-state index in [1.807, 2.05) is 18.2 Å². The highest BCUT2D eigenvalue weighted by Gasteiger charge is 2.02. The Hall–Kier alpha value is -1.75. The Morgan fingerprint density at radius 1 is 1.39 bits per heavy atom. The maximum Gasteiger partial charge on any atom is 0.212 e. The maximum atomic E-state index is 5.17. The quantitative estimate of drug-likeness (QED) is 0.859. The minimum Gasteiger partial charge on any atom is -0.481 e. The van der Waals surface area contributed by atoms with E-state index in [4.69, 9.17) is 17.0 Å². The summed E-state index contributed by atoms with van der Waals surface area (Å²) in [6, 6.07) is 5.62. The van der Waals surface area contributed by atoms with E-state index in [-0.39, 0.29) is 0 Å². The first-order valence-corrected chi connectivity index (χ1v) is 6.24. The number of aryl methyl sites for hydroxylation is 1. The second-order valence-corrected chi connectivity index (χ2v) is 4.34. The molecule has 0 aliphatic carbocycles. The zero-order chi connectivity index (χ0) is 13.0. The molecule has 5 heteroatoms. The Bertz CT molecular complexity index is 578. The molecule has 0 unspecified atom stereocenters. The molecule has 2 rings (SSSR count). The van der Waals surface area contributed by atoms with E-state index in [1.54, 1.807) is 13.3 Å². The standard InChI is InChI=1S/C13H15N3OS/c1-3-4-11-15-10(7-13(18)16-11)9-5-6-12(17-2)14-8-9/h5-8H,3-4H2,1-2H3,(H,15,16,18). The Morgan fingerprint density at radius 3 is 2.83 bits per heavy atom. The Morgan fingerprint density at radius 2 is 2.22 bits per heavy atom. The third kappa shape index (κ3) is 2.92. The van der Waals surface area contributed by atoms with Gasteiger partial charge in [-0.3, -0.25) is 0 Å². The number of rotatable bonds is 4. The van der Waals surface area contributed by atoms with E-state index in [9.17, 15) is 0 Å². The average molecular weight is 261 g/mol. The average Bonchev–Trinajstić information content (AvgIpc) is 2.38. The summed E-state index contributed by atoms with van der Waals surface area (Å²) in [5.41, 5.74) is 1.91. The molecule has 0 bridgehead atoms. The highest BCUT2D eigenvalue weighted by Crippen LogP contribution is 2.18. The molecule has 0 radical (unpaired) electrons. The number of pyridine rings is 1. The van der Waals surface area contributed by atoms with Crippen molar-refractivity contribution in [2.75, 3.05) is 7.11 Å². The lowest BCUT2D eigenvalue weighted by Crippen LogP contribution is -1.97. The van der Waals surface area contributed by atoms with Crippen LogP contribution in [0.4, 0.5) is 0 Å². The lowest BCUT2D eigenvalue weighted by atomic mass is 10.2. The van der Waals surface area contributed by atoms with Gasteiger partial charge in [0.1, 0.15) is 10.5 Å². The monoisotopic (exact) mass is 261 g/mol. The molecule has 0 saturated heterocycles. The zero-order valence-corrected chi connectivity index (χ0v) is 11.3. The molecule has 0 atom stereocenters. The van der Waals surface area contributed by atoms with Crippen molar-refractivity contribution in [2.24, 2.45) is 0 Å². The first-order chi connectivity index (χ1) is 8.72. The summed E-state index contributed by atoms with van der Waals surface area (Å²) in [6.07, 6.45) is 3.68. The molecule has 1 N–H and O–H groups in total. The van der Waals surface area contributed by atoms with Crippen molar-refractivity contribution in [3.8, 4) is 17.1 Å². The fraction of sp³-hybridized carbons (Fsp3) is 0.308. The number of nitrogens with zero attached hydrogens (tertiary/aromatic N) is 2. The summed E-state index contributed by atoms with van der Waals surface area (Å²) in [6.45, 7) is 2.11. The van der Waals surface area contributed by atoms with Gasteiger partial charge in [0.25, 0.3) is 0 Å². The van der Waals surface area contributed by atoms with E-state index in [2.05, 4.69) is 21.9 Å². The highest BCUT2D eigenvalue weighted by atomic mass is 32.1. The normalized spacial score (nSPS) is 10.3. The predicted octanol–water partition coefficient (Wildman–Crippen LogP) is 3.16. The molecule has 2 heterocycles. The van der Waals surface area contributed by atoms with E-state index in [1.165, 1.54) is 0 Å². The summed E-state index contributed by atoms with van der Waals surface area (Å²) in [7, 11) is 1.60. The van der Waals surface area contributed by atoms with Gasteiger partial charge in [0, 0.05) is 24.2 Å². The number of nitrogens with one attached hydrogen (secondary N) is 1. The number of H-pyrrole nitrogens is 1. The van der Waals surface area contributed by atoms with Crippen LogP contribution in [0.15, 0.2) is 24.4 Å². The van der Waals surface area contributed by atoms with Crippen molar-refractivity contribution in [1.29, 1.82) is 0 Å². The summed E-state index contributed by atoms with van der Waals surface area (Å²) in [5, 5.41) is 0. The van der Waals surface area contributed by atoms with Gasteiger partial charge in [-0.2, -0.15) is 0 Å². The van der Waals surface area contributed by atoms with Gasteiger partial charge in [0.05, 0.1) is 12.8 Å². The summed E-state index contributed by atoms with van der Waals surface area (Å²) < 4.78 is 5.64. The second kappa shape index (κ2) is 5.73. The number of aromatic nitrogens is 3. The second-order valence-electron chi connectivity index (χ2n) is 3.92. The van der Waals surface area contributed by atoms with Crippen LogP contribution in [0.5, 0.6) is 5.88 Å². The van der Waals surface area contributed by atoms with Gasteiger partial charge < -0.3 is 9.72 Å².